The Balaban J connectivity index is 1.44. The Kier molecular flexibility index (Phi) is 7.00. The van der Waals surface area contributed by atoms with E-state index in [1.807, 2.05) is 30.3 Å². The molecule has 0 aromatic heterocycles. The summed E-state index contributed by atoms with van der Waals surface area (Å²) in [6, 6.07) is 27.3. The summed E-state index contributed by atoms with van der Waals surface area (Å²) >= 11 is 5.29. The molecule has 4 aromatic carbocycles. The zero-order valence-corrected chi connectivity index (χ0v) is 20.9. The number of nitrogens with one attached hydrogen (secondary N) is 1. The van der Waals surface area contributed by atoms with E-state index in [4.69, 9.17) is 17.0 Å². The van der Waals surface area contributed by atoms with E-state index >= 15 is 0 Å². The van der Waals surface area contributed by atoms with Crippen molar-refractivity contribution in [2.45, 2.75) is 6.18 Å². The molecule has 1 saturated heterocycles. The van der Waals surface area contributed by atoms with Gasteiger partial charge in [0.1, 0.15) is 17.1 Å². The van der Waals surface area contributed by atoms with Gasteiger partial charge >= 0.3 is 6.18 Å². The Morgan fingerprint density at radius 1 is 0.769 bits per heavy atom. The summed E-state index contributed by atoms with van der Waals surface area (Å²) in [6.45, 7) is 0. The number of carbonyl (C=O) groups excluding carboxylic acids is 2. The van der Waals surface area contributed by atoms with Crippen molar-refractivity contribution in [1.29, 1.82) is 0 Å². The van der Waals surface area contributed by atoms with Gasteiger partial charge < -0.3 is 4.74 Å². The second-order valence-corrected chi connectivity index (χ2v) is 8.92. The lowest BCUT2D eigenvalue weighted by molar-refractivity contribution is -0.137. The van der Waals surface area contributed by atoms with E-state index in [-0.39, 0.29) is 10.7 Å². The van der Waals surface area contributed by atoms with Crippen molar-refractivity contribution < 1.29 is 27.5 Å². The van der Waals surface area contributed by atoms with Gasteiger partial charge in [-0.3, -0.25) is 19.8 Å². The van der Waals surface area contributed by atoms with Crippen LogP contribution in [0.15, 0.2) is 109 Å². The molecule has 0 bridgehead atoms. The molecule has 0 aliphatic carbocycles. The van der Waals surface area contributed by atoms with Gasteiger partial charge in [0.2, 0.25) is 0 Å². The Morgan fingerprint density at radius 3 is 2.05 bits per heavy atom. The lowest BCUT2D eigenvalue weighted by Gasteiger charge is -2.29. The third-order valence-corrected chi connectivity index (χ3v) is 6.24. The first kappa shape index (κ1) is 25.9. The topological polar surface area (TPSA) is 58.6 Å². The fraction of sp³-hybridized carbons (Fsp3) is 0.0333. The number of halogens is 3. The molecule has 9 heteroatoms. The van der Waals surface area contributed by atoms with Crippen LogP contribution >= 0.6 is 12.2 Å². The number of hydrogen-bond donors (Lipinski definition) is 1. The van der Waals surface area contributed by atoms with Gasteiger partial charge in [0.25, 0.3) is 11.8 Å². The molecular formula is C30H19F3N2O3S. The summed E-state index contributed by atoms with van der Waals surface area (Å²) < 4.78 is 44.8. The maximum atomic E-state index is 13.5. The lowest BCUT2D eigenvalue weighted by Crippen LogP contribution is -2.54. The van der Waals surface area contributed by atoms with Crippen LogP contribution in [-0.2, 0) is 15.8 Å². The van der Waals surface area contributed by atoms with E-state index < -0.39 is 23.6 Å². The van der Waals surface area contributed by atoms with Crippen molar-refractivity contribution in [2.24, 2.45) is 0 Å². The summed E-state index contributed by atoms with van der Waals surface area (Å²) in [6.07, 6.45) is -3.05. The van der Waals surface area contributed by atoms with Gasteiger partial charge in [-0.15, -0.1) is 0 Å². The zero-order chi connectivity index (χ0) is 27.6. The first-order valence-electron chi connectivity index (χ1n) is 11.7. The number of alkyl halides is 3. The number of benzene rings is 4. The maximum absolute atomic E-state index is 13.5. The van der Waals surface area contributed by atoms with Gasteiger partial charge in [0.05, 0.1) is 11.3 Å². The molecule has 5 nitrogen and oxygen atoms in total. The van der Waals surface area contributed by atoms with Crippen molar-refractivity contribution in [3.05, 3.63) is 120 Å². The number of para-hydroxylation sites is 1. The van der Waals surface area contributed by atoms with Gasteiger partial charge in [-0.25, -0.2) is 0 Å². The molecule has 1 N–H and O–H groups in total. The van der Waals surface area contributed by atoms with Crippen LogP contribution < -0.4 is 15.0 Å². The van der Waals surface area contributed by atoms with Crippen LogP contribution in [0.1, 0.15) is 11.1 Å². The molecule has 39 heavy (non-hydrogen) atoms. The first-order chi connectivity index (χ1) is 18.7. The first-order valence-corrected chi connectivity index (χ1v) is 12.1. The summed E-state index contributed by atoms with van der Waals surface area (Å²) in [4.78, 5) is 27.5. The molecule has 194 valence electrons. The predicted octanol–water partition coefficient (Wildman–Crippen LogP) is 7.00. The van der Waals surface area contributed by atoms with Crippen LogP contribution in [0.25, 0.3) is 17.2 Å². The summed E-state index contributed by atoms with van der Waals surface area (Å²) in [5.41, 5.74) is 1.02. The Morgan fingerprint density at radius 2 is 1.38 bits per heavy atom. The summed E-state index contributed by atoms with van der Waals surface area (Å²) in [5, 5.41) is 2.47. The minimum atomic E-state index is -4.46. The molecular weight excluding hydrogens is 525 g/mol. The molecule has 0 atom stereocenters. The number of hydrogen-bond acceptors (Lipinski definition) is 4. The number of anilines is 1. The Hall–Kier alpha value is -4.76. The second kappa shape index (κ2) is 10.5. The van der Waals surface area contributed by atoms with Crippen LogP contribution in [0.3, 0.4) is 0 Å². The number of carbonyl (C=O) groups is 2. The van der Waals surface area contributed by atoms with E-state index in [0.717, 1.165) is 12.1 Å². The van der Waals surface area contributed by atoms with Crippen molar-refractivity contribution in [1.82, 2.24) is 5.32 Å². The molecule has 4 aromatic rings. The minimum Gasteiger partial charge on any atom is -0.457 e. The van der Waals surface area contributed by atoms with Crippen molar-refractivity contribution >= 4 is 40.9 Å². The molecule has 2 amide bonds. The largest absolute Gasteiger partial charge is 0.457 e. The fourth-order valence-electron chi connectivity index (χ4n) is 4.06. The van der Waals surface area contributed by atoms with Crippen molar-refractivity contribution in [3.8, 4) is 22.6 Å². The smallest absolute Gasteiger partial charge is 0.416 e. The number of thiocarbonyl (C=S) groups is 1. The molecule has 1 fully saturated rings. The van der Waals surface area contributed by atoms with E-state index in [1.165, 1.54) is 23.1 Å². The van der Waals surface area contributed by atoms with Gasteiger partial charge in [-0.05, 0) is 83.5 Å². The zero-order valence-electron chi connectivity index (χ0n) is 20.1. The molecule has 1 aliphatic heterocycles. The highest BCUT2D eigenvalue weighted by Crippen LogP contribution is 2.33. The molecule has 0 unspecified atom stereocenters. The van der Waals surface area contributed by atoms with Gasteiger partial charge in [0.15, 0.2) is 5.11 Å². The van der Waals surface area contributed by atoms with Crippen LogP contribution in [0.4, 0.5) is 18.9 Å². The highest BCUT2D eigenvalue weighted by molar-refractivity contribution is 7.80. The van der Waals surface area contributed by atoms with Crippen LogP contribution in [0, 0.1) is 0 Å². The number of ether oxygens (including phenoxy) is 1. The standard InChI is InChI=1S/C30H19F3N2O3S/c31-30(32,33)21-12-10-19(11-13-21)25-9-5-4-6-20(25)18-26-27(36)34-29(39)35(28(26)37)22-14-16-24(17-15-22)38-23-7-2-1-3-8-23/h1-18H,(H,34,36,39)/b26-18+. The quantitative estimate of drug-likeness (QED) is 0.167. The highest BCUT2D eigenvalue weighted by atomic mass is 32.1. The molecule has 1 aliphatic rings. The van der Waals surface area contributed by atoms with E-state index in [9.17, 15) is 22.8 Å². The Bertz CT molecular complexity index is 1580. The molecule has 1 heterocycles. The lowest BCUT2D eigenvalue weighted by atomic mass is 9.96. The third kappa shape index (κ3) is 5.58. The number of nitrogens with zero attached hydrogens (tertiary/aromatic N) is 1. The van der Waals surface area contributed by atoms with Crippen molar-refractivity contribution in [3.63, 3.8) is 0 Å². The molecule has 0 spiro atoms. The van der Waals surface area contributed by atoms with E-state index in [1.54, 1.807) is 48.5 Å². The molecule has 0 saturated carbocycles. The minimum absolute atomic E-state index is 0.0742. The Labute approximate surface area is 227 Å². The average Bonchev–Trinajstić information content (AvgIpc) is 2.92. The van der Waals surface area contributed by atoms with Crippen LogP contribution in [-0.4, -0.2) is 16.9 Å². The van der Waals surface area contributed by atoms with Gasteiger partial charge in [-0.2, -0.15) is 13.2 Å². The highest BCUT2D eigenvalue weighted by Gasteiger charge is 2.35. The predicted molar refractivity (Wildman–Crippen MR) is 146 cm³/mol. The van der Waals surface area contributed by atoms with Crippen LogP contribution in [0.5, 0.6) is 11.5 Å². The number of amides is 2. The molecule has 5 rings (SSSR count). The van der Waals surface area contributed by atoms with Gasteiger partial charge in [0, 0.05) is 0 Å². The summed E-state index contributed by atoms with van der Waals surface area (Å²) in [5.74, 6) is -0.111. The number of rotatable bonds is 5. The van der Waals surface area contributed by atoms with Crippen LogP contribution in [0.2, 0.25) is 0 Å². The van der Waals surface area contributed by atoms with E-state index in [2.05, 4.69) is 5.32 Å². The van der Waals surface area contributed by atoms with Crippen molar-refractivity contribution in [2.75, 3.05) is 4.90 Å². The monoisotopic (exact) mass is 544 g/mol. The fourth-order valence-corrected chi connectivity index (χ4v) is 4.34. The third-order valence-electron chi connectivity index (χ3n) is 5.96. The second-order valence-electron chi connectivity index (χ2n) is 8.53. The summed E-state index contributed by atoms with van der Waals surface area (Å²) in [7, 11) is 0. The van der Waals surface area contributed by atoms with E-state index in [0.29, 0.717) is 33.9 Å². The SMILES string of the molecule is O=C1NC(=S)N(c2ccc(Oc3ccccc3)cc2)C(=O)/C1=C/c1ccccc1-c1ccc(C(F)(F)F)cc1. The maximum Gasteiger partial charge on any atom is 0.416 e. The molecule has 0 radical (unpaired) electrons. The van der Waals surface area contributed by atoms with Gasteiger partial charge in [-0.1, -0.05) is 54.6 Å². The average molecular weight is 545 g/mol. The normalized spacial score (nSPS) is 14.9.